The molecule has 0 aliphatic carbocycles. The third-order valence-corrected chi connectivity index (χ3v) is 9.38. The second-order valence-corrected chi connectivity index (χ2v) is 18.2. The highest BCUT2D eigenvalue weighted by molar-refractivity contribution is 5.92. The molecule has 365 valence electrons. The summed E-state index contributed by atoms with van der Waals surface area (Å²) in [6, 6.07) is 26.6. The van der Waals surface area contributed by atoms with Gasteiger partial charge in [0.15, 0.2) is 0 Å². The van der Waals surface area contributed by atoms with Gasteiger partial charge in [-0.15, -0.1) is 0 Å². The lowest BCUT2D eigenvalue weighted by molar-refractivity contribution is -0.401. The summed E-state index contributed by atoms with van der Waals surface area (Å²) >= 11 is 0. The maximum atomic E-state index is 11.6. The second kappa shape index (κ2) is 38.7. The molecule has 1 radical (unpaired) electrons. The Hall–Kier alpha value is -4.54. The largest absolute Gasteiger partial charge is 0.386 e. The van der Waals surface area contributed by atoms with Gasteiger partial charge in [0.2, 0.25) is 0 Å². The van der Waals surface area contributed by atoms with E-state index in [1.807, 2.05) is 65.0 Å². The number of benzene rings is 3. The van der Waals surface area contributed by atoms with Crippen LogP contribution in [0.25, 0.3) is 0 Å². The summed E-state index contributed by atoms with van der Waals surface area (Å²) in [5.41, 5.74) is 1.03. The molecular weight excluding hydrogens is 821 g/mol. The van der Waals surface area contributed by atoms with Crippen molar-refractivity contribution in [3.8, 4) is 0 Å². The first-order chi connectivity index (χ1) is 31.0. The first-order valence-electron chi connectivity index (χ1n) is 24.1. The highest BCUT2D eigenvalue weighted by Crippen LogP contribution is 2.26. The van der Waals surface area contributed by atoms with Crippen LogP contribution in [-0.2, 0) is 44.5 Å². The van der Waals surface area contributed by atoms with E-state index in [-0.39, 0.29) is 5.60 Å². The SMILES string of the molecule is CC(C)(C)OOC(C)(C)c1ccccc1.CCCCCCCCCCCC(=O)OOC(=O)CCCCCCCCCCC.C[C](C)C.O=C(OOC(=O)c1ccccc1)c1ccccc1. The van der Waals surface area contributed by atoms with Crippen molar-refractivity contribution >= 4 is 23.9 Å². The van der Waals surface area contributed by atoms with E-state index in [4.69, 9.17) is 9.78 Å². The van der Waals surface area contributed by atoms with Gasteiger partial charge in [-0.1, -0.05) is 204 Å². The summed E-state index contributed by atoms with van der Waals surface area (Å²) in [7, 11) is 0. The lowest BCUT2D eigenvalue weighted by atomic mass is 9.99. The fourth-order valence-corrected chi connectivity index (χ4v) is 5.77. The molecule has 0 amide bonds. The van der Waals surface area contributed by atoms with Crippen LogP contribution in [-0.4, -0.2) is 29.5 Å². The normalized spacial score (nSPS) is 10.8. The molecule has 3 rings (SSSR count). The number of hydrogen-bond acceptors (Lipinski definition) is 10. The number of carbonyl (C=O) groups is 4. The molecule has 0 heterocycles. The van der Waals surface area contributed by atoms with Crippen LogP contribution in [0.5, 0.6) is 0 Å². The zero-order chi connectivity index (χ0) is 48.6. The van der Waals surface area contributed by atoms with Crippen molar-refractivity contribution in [1.82, 2.24) is 0 Å². The lowest BCUT2D eigenvalue weighted by Crippen LogP contribution is -2.28. The fourth-order valence-electron chi connectivity index (χ4n) is 5.77. The van der Waals surface area contributed by atoms with Gasteiger partial charge in [0, 0.05) is 0 Å². The molecule has 0 aliphatic heterocycles. The molecule has 0 bridgehead atoms. The Morgan fingerprint density at radius 2 is 0.692 bits per heavy atom. The standard InChI is InChI=1S/C24H46O4.C14H10O4.C13H20O2.C4H9/c1-3-5-7-9-11-13-15-17-19-21-23(25)27-28-24(26)22-20-18-16-14-12-10-8-6-4-2;15-13(11-7-3-1-4-8-11)17-18-14(16)12-9-5-2-6-10-12;1-12(2,3)14-15-13(4,5)11-9-7-6-8-10-11;1-4(2)3/h3-22H2,1-2H3;1-10H;6-10H,1-5H3;1-3H3. The van der Waals surface area contributed by atoms with E-state index in [9.17, 15) is 19.2 Å². The number of rotatable bonds is 25. The average molecular weight is 906 g/mol. The highest BCUT2D eigenvalue weighted by atomic mass is 17.2. The van der Waals surface area contributed by atoms with Crippen molar-refractivity contribution in [2.45, 2.75) is 209 Å². The van der Waals surface area contributed by atoms with Crippen LogP contribution in [0.15, 0.2) is 91.0 Å². The van der Waals surface area contributed by atoms with E-state index < -0.39 is 29.5 Å². The van der Waals surface area contributed by atoms with Crippen LogP contribution in [0.1, 0.15) is 224 Å². The molecule has 0 saturated carbocycles. The van der Waals surface area contributed by atoms with Gasteiger partial charge in [-0.25, -0.2) is 48.5 Å². The molecule has 10 heteroatoms. The van der Waals surface area contributed by atoms with E-state index in [0.717, 1.165) is 44.1 Å². The molecule has 0 atom stereocenters. The third-order valence-electron chi connectivity index (χ3n) is 9.38. The van der Waals surface area contributed by atoms with Gasteiger partial charge < -0.3 is 0 Å². The molecule has 0 spiro atoms. The van der Waals surface area contributed by atoms with Gasteiger partial charge in [0.05, 0.1) is 29.6 Å². The summed E-state index contributed by atoms with van der Waals surface area (Å²) in [4.78, 5) is 75.1. The van der Waals surface area contributed by atoms with Gasteiger partial charge in [-0.05, 0) is 83.2 Å². The lowest BCUT2D eigenvalue weighted by Gasteiger charge is -2.28. The van der Waals surface area contributed by atoms with E-state index in [1.54, 1.807) is 60.7 Å². The minimum Gasteiger partial charge on any atom is -0.247 e. The number of hydrogen-bond donors (Lipinski definition) is 0. The first-order valence-corrected chi connectivity index (χ1v) is 24.1. The summed E-state index contributed by atoms with van der Waals surface area (Å²) in [6.45, 7) is 20.6. The Kier molecular flexibility index (Phi) is 36.0. The van der Waals surface area contributed by atoms with Crippen LogP contribution in [0, 0.1) is 5.92 Å². The molecule has 3 aromatic carbocycles. The van der Waals surface area contributed by atoms with E-state index in [0.29, 0.717) is 24.0 Å². The van der Waals surface area contributed by atoms with Crippen LogP contribution >= 0.6 is 0 Å². The molecule has 0 fully saturated rings. The Morgan fingerprint density at radius 3 is 1.00 bits per heavy atom. The molecule has 65 heavy (non-hydrogen) atoms. The Balaban J connectivity index is 0.000000949. The molecule has 0 aromatic heterocycles. The first kappa shape index (κ1) is 60.5. The molecule has 0 saturated heterocycles. The minimum atomic E-state index is -0.708. The fraction of sp³-hybridized carbons (Fsp3) is 0.582. The van der Waals surface area contributed by atoms with Gasteiger partial charge in [0.1, 0.15) is 5.60 Å². The van der Waals surface area contributed by atoms with E-state index in [2.05, 4.69) is 54.2 Å². The molecule has 0 unspecified atom stereocenters. The van der Waals surface area contributed by atoms with Crippen LogP contribution in [0.2, 0.25) is 0 Å². The average Bonchev–Trinajstić information content (AvgIpc) is 3.29. The van der Waals surface area contributed by atoms with Gasteiger partial charge in [-0.2, -0.15) is 0 Å². The van der Waals surface area contributed by atoms with Gasteiger partial charge in [0.25, 0.3) is 0 Å². The van der Waals surface area contributed by atoms with E-state index in [1.165, 1.54) is 83.0 Å². The maximum Gasteiger partial charge on any atom is 0.386 e. The van der Waals surface area contributed by atoms with E-state index >= 15 is 0 Å². The Bertz CT molecular complexity index is 1510. The molecule has 0 aliphatic rings. The predicted molar refractivity (Wildman–Crippen MR) is 261 cm³/mol. The quantitative estimate of drug-likeness (QED) is 0.0461. The summed E-state index contributed by atoms with van der Waals surface area (Å²) in [5.74, 6) is -0.855. The topological polar surface area (TPSA) is 124 Å². The smallest absolute Gasteiger partial charge is 0.247 e. The van der Waals surface area contributed by atoms with Crippen molar-refractivity contribution in [2.24, 2.45) is 0 Å². The molecule has 10 nitrogen and oxygen atoms in total. The number of carbonyl (C=O) groups excluding carboxylic acids is 4. The van der Waals surface area contributed by atoms with Crippen molar-refractivity contribution in [2.75, 3.05) is 0 Å². The van der Waals surface area contributed by atoms with Crippen molar-refractivity contribution in [3.63, 3.8) is 0 Å². The third kappa shape index (κ3) is 37.4. The van der Waals surface area contributed by atoms with Gasteiger partial charge >= 0.3 is 23.9 Å². The highest BCUT2D eigenvalue weighted by Gasteiger charge is 2.25. The maximum absolute atomic E-state index is 11.6. The van der Waals surface area contributed by atoms with Crippen LogP contribution < -0.4 is 0 Å². The zero-order valence-electron chi connectivity index (χ0n) is 41.9. The molecule has 0 N–H and O–H groups in total. The second-order valence-electron chi connectivity index (χ2n) is 18.2. The summed E-state index contributed by atoms with van der Waals surface area (Å²) in [5, 5.41) is 0. The predicted octanol–water partition coefficient (Wildman–Crippen LogP) is 15.7. The van der Waals surface area contributed by atoms with Crippen molar-refractivity contribution in [1.29, 1.82) is 0 Å². The van der Waals surface area contributed by atoms with Gasteiger partial charge in [-0.3, -0.25) is 0 Å². The monoisotopic (exact) mass is 906 g/mol. The molecule has 3 aromatic rings. The zero-order valence-corrected chi connectivity index (χ0v) is 41.9. The Labute approximate surface area is 393 Å². The number of unbranched alkanes of at least 4 members (excludes halogenated alkanes) is 16. The minimum absolute atomic E-state index is 0.286. The Morgan fingerprint density at radius 1 is 0.400 bits per heavy atom. The molecular formula is C55H85O10. The summed E-state index contributed by atoms with van der Waals surface area (Å²) < 4.78 is 0. The summed E-state index contributed by atoms with van der Waals surface area (Å²) in [6.07, 6.45) is 22.3. The van der Waals surface area contributed by atoms with Crippen LogP contribution in [0.3, 0.4) is 0 Å². The van der Waals surface area contributed by atoms with Crippen molar-refractivity contribution < 1.29 is 48.5 Å². The van der Waals surface area contributed by atoms with Crippen molar-refractivity contribution in [3.05, 3.63) is 114 Å². The van der Waals surface area contributed by atoms with Crippen LogP contribution in [0.4, 0.5) is 0 Å².